The minimum Gasteiger partial charge on any atom is -0.506 e. The molecule has 2 rings (SSSR count). The van der Waals surface area contributed by atoms with Crippen LogP contribution >= 0.6 is 12.4 Å². The Morgan fingerprint density at radius 3 is 2.62 bits per heavy atom. The van der Waals surface area contributed by atoms with E-state index in [1.807, 2.05) is 6.92 Å². The third-order valence-electron chi connectivity index (χ3n) is 3.55. The van der Waals surface area contributed by atoms with Gasteiger partial charge in [0.1, 0.15) is 11.9 Å². The number of halogens is 1. The van der Waals surface area contributed by atoms with E-state index in [9.17, 15) is 14.7 Å². The third-order valence-corrected chi connectivity index (χ3v) is 3.55. The number of nitrogens with zero attached hydrogens (tertiary/aromatic N) is 2. The Labute approximate surface area is 146 Å². The normalized spacial score (nSPS) is 18.6. The fourth-order valence-corrected chi connectivity index (χ4v) is 2.36. The molecule has 0 saturated heterocycles. The van der Waals surface area contributed by atoms with Gasteiger partial charge < -0.3 is 15.5 Å². The van der Waals surface area contributed by atoms with Crippen molar-refractivity contribution < 1.29 is 24.3 Å². The number of aromatic hydroxyl groups is 1. The molecule has 8 heteroatoms. The fourth-order valence-electron chi connectivity index (χ4n) is 2.36. The van der Waals surface area contributed by atoms with E-state index < -0.39 is 11.9 Å². The van der Waals surface area contributed by atoms with Crippen molar-refractivity contribution in [3.63, 3.8) is 0 Å². The van der Waals surface area contributed by atoms with Crippen molar-refractivity contribution in [2.45, 2.75) is 19.8 Å². The molecule has 1 heterocycles. The molecule has 1 aliphatic rings. The maximum absolute atomic E-state index is 12.3. The highest BCUT2D eigenvalue weighted by Gasteiger charge is 2.34. The van der Waals surface area contributed by atoms with Crippen LogP contribution in [0, 0.1) is 0 Å². The zero-order chi connectivity index (χ0) is 16.9. The van der Waals surface area contributed by atoms with Crippen molar-refractivity contribution in [2.24, 2.45) is 4.99 Å². The second-order valence-corrected chi connectivity index (χ2v) is 5.46. The summed E-state index contributed by atoms with van der Waals surface area (Å²) < 4.78 is 0.0205. The van der Waals surface area contributed by atoms with Crippen LogP contribution < -0.4 is 5.32 Å². The molecule has 1 aromatic carbocycles. The van der Waals surface area contributed by atoms with Crippen LogP contribution in [0.25, 0.3) is 0 Å². The Morgan fingerprint density at radius 1 is 1.29 bits per heavy atom. The number of phenols is 1. The number of hydrogen-bond donors (Lipinski definition) is 3. The summed E-state index contributed by atoms with van der Waals surface area (Å²) in [6.45, 7) is 2.43. The largest absolute Gasteiger partial charge is 0.506 e. The highest BCUT2D eigenvalue weighted by atomic mass is 35.5. The van der Waals surface area contributed by atoms with Crippen LogP contribution in [0.5, 0.6) is 5.75 Å². The lowest BCUT2D eigenvalue weighted by Gasteiger charge is -2.25. The van der Waals surface area contributed by atoms with E-state index >= 15 is 0 Å². The van der Waals surface area contributed by atoms with Crippen LogP contribution in [-0.2, 0) is 9.59 Å². The van der Waals surface area contributed by atoms with Gasteiger partial charge in [0.25, 0.3) is 5.91 Å². The number of phenolic OH excluding ortho intramolecular Hbond substituents is 1. The number of rotatable bonds is 7. The molecule has 1 aliphatic heterocycles. The number of quaternary nitrogens is 1. The van der Waals surface area contributed by atoms with Crippen molar-refractivity contribution in [2.75, 3.05) is 18.4 Å². The molecule has 0 aliphatic carbocycles. The number of nitrogens with one attached hydrogen (secondary N) is 1. The monoisotopic (exact) mass is 354 g/mol. The van der Waals surface area contributed by atoms with Gasteiger partial charge in [-0.25, -0.2) is 9.28 Å². The van der Waals surface area contributed by atoms with Gasteiger partial charge in [0.05, 0.1) is 12.2 Å². The number of unbranched alkanes of at least 4 members (excludes halogenated alkanes) is 1. The summed E-state index contributed by atoms with van der Waals surface area (Å²) in [7, 11) is 0. The number of hydrogen-bond acceptors (Lipinski definition) is 4. The van der Waals surface area contributed by atoms with Gasteiger partial charge in [0, 0.05) is 0 Å². The molecule has 0 spiro atoms. The molecule has 0 fully saturated rings. The maximum atomic E-state index is 12.3. The molecule has 0 bridgehead atoms. The van der Waals surface area contributed by atoms with E-state index in [4.69, 9.17) is 5.11 Å². The molecule has 1 aromatic rings. The fraction of sp³-hybridized carbons (Fsp3) is 0.312. The minimum atomic E-state index is -0.953. The predicted octanol–water partition coefficient (Wildman–Crippen LogP) is 2.34. The first-order valence-corrected chi connectivity index (χ1v) is 7.41. The summed E-state index contributed by atoms with van der Waals surface area (Å²) >= 11 is 0. The standard InChI is InChI=1S/C16H19N3O4.ClH/c1-2-3-8-19(10-15(21)22)9-13(17-11-19)16(23)18-12-6-4-5-7-14(12)20;/h4-7,9,11H,2-3,8,10H2,1H3,(H2-,18,20,21,22,23);1H/p+1. The second kappa shape index (κ2) is 8.47. The first kappa shape index (κ1) is 19.7. The van der Waals surface area contributed by atoms with E-state index in [2.05, 4.69) is 10.3 Å². The average Bonchev–Trinajstić information content (AvgIpc) is 2.91. The number of anilines is 1. The molecule has 7 nitrogen and oxygen atoms in total. The summed E-state index contributed by atoms with van der Waals surface area (Å²) in [4.78, 5) is 27.4. The van der Waals surface area contributed by atoms with Gasteiger partial charge in [-0.3, -0.25) is 4.79 Å². The zero-order valence-electron chi connectivity index (χ0n) is 13.3. The van der Waals surface area contributed by atoms with E-state index in [0.29, 0.717) is 6.54 Å². The summed E-state index contributed by atoms with van der Waals surface area (Å²) in [6.07, 6.45) is 4.79. The number of carbonyl (C=O) groups is 2. The molecule has 130 valence electrons. The molecular formula is C16H21ClN3O4+. The van der Waals surface area contributed by atoms with Crippen LogP contribution in [-0.4, -0.2) is 46.0 Å². The quantitative estimate of drug-likeness (QED) is 0.517. The number of aliphatic carboxylic acids is 1. The van der Waals surface area contributed by atoms with E-state index in [-0.39, 0.29) is 40.6 Å². The highest BCUT2D eigenvalue weighted by molar-refractivity contribution is 6.05. The Morgan fingerprint density at radius 2 is 2.00 bits per heavy atom. The smallest absolute Gasteiger partial charge is 0.360 e. The van der Waals surface area contributed by atoms with Crippen LogP contribution in [0.1, 0.15) is 19.8 Å². The number of para-hydroxylation sites is 2. The lowest BCUT2D eigenvalue weighted by atomic mass is 10.2. The van der Waals surface area contributed by atoms with Gasteiger partial charge >= 0.3 is 5.97 Å². The molecule has 0 saturated carbocycles. The van der Waals surface area contributed by atoms with Crippen molar-refractivity contribution >= 4 is 36.3 Å². The van der Waals surface area contributed by atoms with E-state index in [1.165, 1.54) is 12.4 Å². The van der Waals surface area contributed by atoms with Gasteiger partial charge in [-0.2, -0.15) is 4.99 Å². The lowest BCUT2D eigenvalue weighted by Crippen LogP contribution is -2.44. The predicted molar refractivity (Wildman–Crippen MR) is 93.1 cm³/mol. The van der Waals surface area contributed by atoms with Crippen LogP contribution in [0.2, 0.25) is 0 Å². The highest BCUT2D eigenvalue weighted by Crippen LogP contribution is 2.24. The Kier molecular flexibility index (Phi) is 6.94. The second-order valence-electron chi connectivity index (χ2n) is 5.46. The minimum absolute atomic E-state index is 0. The molecule has 1 amide bonds. The molecule has 0 radical (unpaired) electrons. The van der Waals surface area contributed by atoms with E-state index in [1.54, 1.807) is 24.4 Å². The first-order valence-electron chi connectivity index (χ1n) is 7.41. The summed E-state index contributed by atoms with van der Waals surface area (Å²) in [5.41, 5.74) is 0.427. The van der Waals surface area contributed by atoms with Crippen molar-refractivity contribution in [3.8, 4) is 5.75 Å². The van der Waals surface area contributed by atoms with Crippen LogP contribution in [0.4, 0.5) is 5.69 Å². The topological polar surface area (TPSA) is 99.0 Å². The van der Waals surface area contributed by atoms with Gasteiger partial charge in [-0.1, -0.05) is 25.5 Å². The van der Waals surface area contributed by atoms with Crippen LogP contribution in [0.15, 0.2) is 41.2 Å². The summed E-state index contributed by atoms with van der Waals surface area (Å²) in [5, 5.41) is 21.4. The number of carboxylic acids is 1. The van der Waals surface area contributed by atoms with Gasteiger partial charge in [0.2, 0.25) is 0 Å². The Hall–Kier alpha value is -2.38. The molecule has 1 unspecified atom stereocenters. The van der Waals surface area contributed by atoms with Crippen LogP contribution in [0.3, 0.4) is 0 Å². The number of amides is 1. The molecule has 1 atom stereocenters. The molecular weight excluding hydrogens is 334 g/mol. The maximum Gasteiger partial charge on any atom is 0.360 e. The average molecular weight is 355 g/mol. The van der Waals surface area contributed by atoms with Gasteiger partial charge in [-0.05, 0) is 18.6 Å². The summed E-state index contributed by atoms with van der Waals surface area (Å²) in [6, 6.07) is 6.38. The lowest BCUT2D eigenvalue weighted by molar-refractivity contribution is -0.771. The van der Waals surface area contributed by atoms with Gasteiger partial charge in [0.15, 0.2) is 18.6 Å². The van der Waals surface area contributed by atoms with Crippen molar-refractivity contribution in [1.29, 1.82) is 0 Å². The third kappa shape index (κ3) is 4.81. The Balaban J connectivity index is 0.00000288. The first-order chi connectivity index (χ1) is 11.0. The van der Waals surface area contributed by atoms with Crippen molar-refractivity contribution in [1.82, 2.24) is 0 Å². The number of carbonyl (C=O) groups excluding carboxylic acids is 1. The SMILES string of the molecule is CCCC[N+]1(CC(=O)O)C=NC(C(=O)Nc2ccccc2O)=C1.Cl. The number of benzene rings is 1. The zero-order valence-corrected chi connectivity index (χ0v) is 14.1. The summed E-state index contributed by atoms with van der Waals surface area (Å²) in [5.74, 6) is -1.48. The number of aliphatic imine (C=N–C) groups is 1. The van der Waals surface area contributed by atoms with E-state index in [0.717, 1.165) is 12.8 Å². The molecule has 0 aromatic heterocycles. The van der Waals surface area contributed by atoms with Gasteiger partial charge in [-0.15, -0.1) is 12.4 Å². The molecule has 24 heavy (non-hydrogen) atoms. The Bertz CT molecular complexity index is 675. The van der Waals surface area contributed by atoms with Crippen molar-refractivity contribution in [3.05, 3.63) is 36.2 Å². The number of carboxylic acid groups (broad SMARTS) is 1. The molecule has 3 N–H and O–H groups in total.